The van der Waals surface area contributed by atoms with E-state index in [-0.39, 0.29) is 16.2 Å². The minimum Gasteiger partial charge on any atom is -0.310 e. The fraction of sp³-hybridized carbons (Fsp3) is 0.186. The third-order valence-electron chi connectivity index (χ3n) is 13.4. The van der Waals surface area contributed by atoms with Gasteiger partial charge in [0.2, 0.25) is 0 Å². The first-order chi connectivity index (χ1) is 28.8. The minimum absolute atomic E-state index is 0.0311. The Hall–Kier alpha value is -6.44. The van der Waals surface area contributed by atoms with E-state index in [1.54, 1.807) is 0 Å². The van der Waals surface area contributed by atoms with Gasteiger partial charge in [0.05, 0.1) is 5.69 Å². The number of aryl methyl sites for hydroxylation is 1. The molecule has 0 spiro atoms. The van der Waals surface area contributed by atoms with E-state index in [4.69, 9.17) is 0 Å². The number of anilines is 3. The number of hydrogen-bond donors (Lipinski definition) is 0. The minimum atomic E-state index is -0.210. The maximum atomic E-state index is 2.56. The Morgan fingerprint density at radius 2 is 0.867 bits per heavy atom. The molecule has 0 atom stereocenters. The molecule has 8 aromatic rings. The van der Waals surface area contributed by atoms with Crippen molar-refractivity contribution in [1.82, 2.24) is 0 Å². The molecular weight excluding hydrogens is 723 g/mol. The van der Waals surface area contributed by atoms with E-state index in [0.717, 1.165) is 11.4 Å². The second-order valence-electron chi connectivity index (χ2n) is 19.1. The summed E-state index contributed by atoms with van der Waals surface area (Å²) in [6.07, 6.45) is 0. The molecular formula is C59H53N. The average molecular weight is 776 g/mol. The third-order valence-corrected chi connectivity index (χ3v) is 13.4. The third kappa shape index (κ3) is 5.97. The number of nitrogens with zero attached hydrogens (tertiary/aromatic N) is 1. The summed E-state index contributed by atoms with van der Waals surface area (Å²) in [4.78, 5) is 2.51. The van der Waals surface area contributed by atoms with Crippen LogP contribution in [-0.4, -0.2) is 0 Å². The Balaban J connectivity index is 1.18. The molecule has 294 valence electrons. The van der Waals surface area contributed by atoms with Crippen LogP contribution in [0.25, 0.3) is 55.6 Å². The predicted octanol–water partition coefficient (Wildman–Crippen LogP) is 16.4. The van der Waals surface area contributed by atoms with Gasteiger partial charge in [-0.25, -0.2) is 0 Å². The molecule has 0 saturated carbocycles. The Kier molecular flexibility index (Phi) is 8.71. The summed E-state index contributed by atoms with van der Waals surface area (Å²) in [7, 11) is 0. The van der Waals surface area contributed by atoms with Gasteiger partial charge in [-0.15, -0.1) is 0 Å². The van der Waals surface area contributed by atoms with E-state index in [1.165, 1.54) is 94.7 Å². The maximum absolute atomic E-state index is 2.56. The molecule has 0 N–H and O–H groups in total. The summed E-state index contributed by atoms with van der Waals surface area (Å²) in [5, 5.41) is 0. The Morgan fingerprint density at radius 3 is 1.48 bits per heavy atom. The van der Waals surface area contributed by atoms with E-state index < -0.39 is 0 Å². The van der Waals surface area contributed by atoms with Gasteiger partial charge in [-0.2, -0.15) is 0 Å². The average Bonchev–Trinajstić information content (AvgIpc) is 3.62. The lowest BCUT2D eigenvalue weighted by molar-refractivity contribution is 0.592. The summed E-state index contributed by atoms with van der Waals surface area (Å²) in [5.74, 6) is 0. The summed E-state index contributed by atoms with van der Waals surface area (Å²) >= 11 is 0. The highest BCUT2D eigenvalue weighted by molar-refractivity contribution is 6.00. The quantitative estimate of drug-likeness (QED) is 0.163. The molecule has 2 aliphatic rings. The molecule has 0 heterocycles. The van der Waals surface area contributed by atoms with Crippen molar-refractivity contribution in [3.63, 3.8) is 0 Å². The van der Waals surface area contributed by atoms with Gasteiger partial charge in [-0.05, 0) is 138 Å². The molecule has 0 aliphatic heterocycles. The van der Waals surface area contributed by atoms with E-state index in [9.17, 15) is 0 Å². The monoisotopic (exact) mass is 775 g/mol. The van der Waals surface area contributed by atoms with Crippen LogP contribution in [-0.2, 0) is 16.2 Å². The lowest BCUT2D eigenvalue weighted by atomic mass is 9.79. The predicted molar refractivity (Wildman–Crippen MR) is 256 cm³/mol. The molecule has 1 heteroatoms. The number of benzene rings is 8. The normalized spacial score (nSPS) is 14.3. The highest BCUT2D eigenvalue weighted by atomic mass is 15.1. The Labute approximate surface area is 357 Å². The zero-order chi connectivity index (χ0) is 41.6. The molecule has 0 bridgehead atoms. The van der Waals surface area contributed by atoms with Crippen molar-refractivity contribution in [2.75, 3.05) is 4.90 Å². The molecule has 0 amide bonds. The van der Waals surface area contributed by atoms with Crippen molar-refractivity contribution in [2.24, 2.45) is 0 Å². The van der Waals surface area contributed by atoms with Crippen molar-refractivity contribution >= 4 is 17.1 Å². The standard InChI is InChI=1S/C59H53N/c1-38-34-53-56(48-37-51-47(36-52(48)59(53,7)8)55-46(41-20-13-10-14-21-41)23-17-25-50(55)58(51,5)6)54(35-38)60(43-30-26-40(27-31-43)39-18-11-9-12-19-39)44-32-28-42(29-33-44)45-22-15-16-24-49(45)57(2,3)4/h9-37H,1-8H3. The van der Waals surface area contributed by atoms with Gasteiger partial charge in [-0.3, -0.25) is 0 Å². The molecule has 0 saturated heterocycles. The first-order valence-electron chi connectivity index (χ1n) is 21.5. The highest BCUT2D eigenvalue weighted by Gasteiger charge is 2.44. The number of hydrogen-bond acceptors (Lipinski definition) is 1. The second kappa shape index (κ2) is 13.8. The van der Waals surface area contributed by atoms with Crippen LogP contribution in [0.2, 0.25) is 0 Å². The van der Waals surface area contributed by atoms with Crippen LogP contribution in [0.1, 0.15) is 81.8 Å². The molecule has 60 heavy (non-hydrogen) atoms. The van der Waals surface area contributed by atoms with Crippen molar-refractivity contribution in [1.29, 1.82) is 0 Å². The van der Waals surface area contributed by atoms with E-state index in [0.29, 0.717) is 0 Å². The van der Waals surface area contributed by atoms with Crippen molar-refractivity contribution in [3.05, 3.63) is 209 Å². The zero-order valence-electron chi connectivity index (χ0n) is 36.2. The van der Waals surface area contributed by atoms with Gasteiger partial charge < -0.3 is 4.90 Å². The fourth-order valence-corrected chi connectivity index (χ4v) is 10.3. The summed E-state index contributed by atoms with van der Waals surface area (Å²) < 4.78 is 0. The highest BCUT2D eigenvalue weighted by Crippen LogP contribution is 2.60. The summed E-state index contributed by atoms with van der Waals surface area (Å²) in [6.45, 7) is 18.8. The number of rotatable bonds is 6. The number of fused-ring (bicyclic) bond motifs is 6. The second-order valence-corrected chi connectivity index (χ2v) is 19.1. The first kappa shape index (κ1) is 37.8. The molecule has 1 nitrogen and oxygen atoms in total. The Bertz CT molecular complexity index is 2920. The summed E-state index contributed by atoms with van der Waals surface area (Å²) in [5.41, 5.74) is 24.3. The van der Waals surface area contributed by atoms with E-state index in [1.807, 2.05) is 0 Å². The fourth-order valence-electron chi connectivity index (χ4n) is 10.3. The van der Waals surface area contributed by atoms with Crippen LogP contribution in [0.15, 0.2) is 176 Å². The van der Waals surface area contributed by atoms with Gasteiger partial charge in [0.1, 0.15) is 0 Å². The van der Waals surface area contributed by atoms with Crippen molar-refractivity contribution in [2.45, 2.75) is 71.6 Å². The van der Waals surface area contributed by atoms with Crippen LogP contribution in [0, 0.1) is 6.92 Å². The van der Waals surface area contributed by atoms with Crippen LogP contribution in [0.5, 0.6) is 0 Å². The van der Waals surface area contributed by atoms with Crippen LogP contribution in [0.4, 0.5) is 17.1 Å². The van der Waals surface area contributed by atoms with Crippen LogP contribution in [0.3, 0.4) is 0 Å². The maximum Gasteiger partial charge on any atom is 0.0545 e. The zero-order valence-corrected chi connectivity index (χ0v) is 36.2. The van der Waals surface area contributed by atoms with Gasteiger partial charge in [0, 0.05) is 27.8 Å². The smallest absolute Gasteiger partial charge is 0.0545 e. The largest absolute Gasteiger partial charge is 0.310 e. The first-order valence-corrected chi connectivity index (χ1v) is 21.5. The molecule has 2 aliphatic carbocycles. The SMILES string of the molecule is Cc1cc(N(c2ccc(-c3ccccc3)cc2)c2ccc(-c3ccccc3C(C)(C)C)cc2)c2c(c1)C(C)(C)c1cc3c(cc1-2)C(C)(C)c1cccc(-c2ccccc2)c1-3. The lowest BCUT2D eigenvalue weighted by Crippen LogP contribution is -2.17. The van der Waals surface area contributed by atoms with Crippen LogP contribution >= 0.6 is 0 Å². The van der Waals surface area contributed by atoms with Gasteiger partial charge in [-0.1, -0.05) is 182 Å². The lowest BCUT2D eigenvalue weighted by Gasteiger charge is -2.30. The topological polar surface area (TPSA) is 3.24 Å². The summed E-state index contributed by atoms with van der Waals surface area (Å²) in [6, 6.07) is 65.8. The molecule has 0 aromatic heterocycles. The molecule has 0 fully saturated rings. The molecule has 0 unspecified atom stereocenters. The van der Waals surface area contributed by atoms with Gasteiger partial charge in [0.25, 0.3) is 0 Å². The van der Waals surface area contributed by atoms with Gasteiger partial charge in [0.15, 0.2) is 0 Å². The van der Waals surface area contributed by atoms with Crippen molar-refractivity contribution < 1.29 is 0 Å². The van der Waals surface area contributed by atoms with E-state index in [2.05, 4.69) is 236 Å². The Morgan fingerprint density at radius 1 is 0.383 bits per heavy atom. The van der Waals surface area contributed by atoms with Gasteiger partial charge >= 0.3 is 0 Å². The van der Waals surface area contributed by atoms with E-state index >= 15 is 0 Å². The molecule has 8 aromatic carbocycles. The van der Waals surface area contributed by atoms with Crippen molar-refractivity contribution in [3.8, 4) is 55.6 Å². The van der Waals surface area contributed by atoms with Crippen LogP contribution < -0.4 is 4.90 Å². The molecule has 10 rings (SSSR count). The molecule has 0 radical (unpaired) electrons.